The van der Waals surface area contributed by atoms with Gasteiger partial charge in [-0.15, -0.1) is 0 Å². The predicted molar refractivity (Wildman–Crippen MR) is 74.1 cm³/mol. The zero-order valence-electron chi connectivity index (χ0n) is 11.5. The lowest BCUT2D eigenvalue weighted by Crippen LogP contribution is -2.26. The van der Waals surface area contributed by atoms with E-state index in [9.17, 15) is 0 Å². The lowest BCUT2D eigenvalue weighted by Gasteiger charge is -2.25. The number of hydrogen-bond donors (Lipinski definition) is 2. The Labute approximate surface area is 106 Å². The van der Waals surface area contributed by atoms with Crippen LogP contribution in [0.15, 0.2) is 11.6 Å². The van der Waals surface area contributed by atoms with Gasteiger partial charge in [-0.2, -0.15) is 0 Å². The average Bonchev–Trinajstić information content (AvgIpc) is 2.26. The molecule has 0 spiro atoms. The Balaban J connectivity index is 1.98. The van der Waals surface area contributed by atoms with Crippen molar-refractivity contribution in [2.75, 3.05) is 19.7 Å². The van der Waals surface area contributed by atoms with Crippen LogP contribution >= 0.6 is 0 Å². The summed E-state index contributed by atoms with van der Waals surface area (Å²) in [7, 11) is 0. The number of unbranched alkanes of at least 4 members (excludes halogenated alkanes) is 3. The molecule has 2 N–H and O–H groups in total. The Morgan fingerprint density at radius 1 is 1.29 bits per heavy atom. The van der Waals surface area contributed by atoms with Crippen molar-refractivity contribution in [2.45, 2.75) is 52.4 Å². The van der Waals surface area contributed by atoms with Gasteiger partial charge in [0.15, 0.2) is 0 Å². The third-order valence-corrected chi connectivity index (χ3v) is 3.58. The highest BCUT2D eigenvalue weighted by Gasteiger charge is 2.17. The molecule has 2 heteroatoms. The molecule has 0 saturated carbocycles. The minimum atomic E-state index is 0.346. The van der Waals surface area contributed by atoms with Crippen LogP contribution < -0.4 is 5.32 Å². The van der Waals surface area contributed by atoms with Gasteiger partial charge in [0, 0.05) is 6.61 Å². The summed E-state index contributed by atoms with van der Waals surface area (Å²) in [6.07, 6.45) is 9.66. The fourth-order valence-electron chi connectivity index (χ4n) is 2.86. The van der Waals surface area contributed by atoms with Gasteiger partial charge in [0.25, 0.3) is 0 Å². The van der Waals surface area contributed by atoms with Crippen LogP contribution in [0.2, 0.25) is 0 Å². The first-order chi connectivity index (χ1) is 8.22. The first-order valence-electron chi connectivity index (χ1n) is 7.21. The molecule has 0 aromatic rings. The number of hydrogen-bond acceptors (Lipinski definition) is 2. The van der Waals surface area contributed by atoms with E-state index in [0.717, 1.165) is 24.8 Å². The summed E-state index contributed by atoms with van der Waals surface area (Å²) in [5.41, 5.74) is 1.57. The summed E-state index contributed by atoms with van der Waals surface area (Å²) >= 11 is 0. The summed E-state index contributed by atoms with van der Waals surface area (Å²) in [5.74, 6) is 1.60. The van der Waals surface area contributed by atoms with Crippen molar-refractivity contribution in [3.63, 3.8) is 0 Å². The maximum atomic E-state index is 8.67. The Bertz CT molecular complexity index is 225. The molecule has 100 valence electrons. The molecule has 2 nitrogen and oxygen atoms in total. The third-order valence-electron chi connectivity index (χ3n) is 3.58. The van der Waals surface area contributed by atoms with Crippen LogP contribution in [0.3, 0.4) is 0 Å². The minimum Gasteiger partial charge on any atom is -0.396 e. The Kier molecular flexibility index (Phi) is 7.54. The first-order valence-corrected chi connectivity index (χ1v) is 7.21. The van der Waals surface area contributed by atoms with Gasteiger partial charge < -0.3 is 10.4 Å². The van der Waals surface area contributed by atoms with E-state index in [2.05, 4.69) is 25.2 Å². The van der Waals surface area contributed by atoms with Crippen molar-refractivity contribution in [1.82, 2.24) is 5.32 Å². The summed E-state index contributed by atoms with van der Waals surface area (Å²) in [5, 5.41) is 12.3. The molecule has 2 atom stereocenters. The van der Waals surface area contributed by atoms with Crippen LogP contribution in [0.5, 0.6) is 0 Å². The van der Waals surface area contributed by atoms with E-state index in [0.29, 0.717) is 6.61 Å². The number of aliphatic hydroxyl groups is 1. The Morgan fingerprint density at radius 2 is 2.06 bits per heavy atom. The molecule has 0 aliphatic heterocycles. The number of allylic oxidation sites excluding steroid dienone is 2. The monoisotopic (exact) mass is 239 g/mol. The van der Waals surface area contributed by atoms with Gasteiger partial charge >= 0.3 is 0 Å². The molecular weight excluding hydrogens is 210 g/mol. The summed E-state index contributed by atoms with van der Waals surface area (Å²) in [6, 6.07) is 0. The molecule has 0 bridgehead atoms. The van der Waals surface area contributed by atoms with Crippen molar-refractivity contribution in [2.24, 2.45) is 11.8 Å². The molecule has 1 aliphatic rings. The molecule has 1 aliphatic carbocycles. The maximum Gasteiger partial charge on any atom is 0.0431 e. The highest BCUT2D eigenvalue weighted by atomic mass is 16.2. The fraction of sp³-hybridized carbons (Fsp3) is 0.867. The maximum absolute atomic E-state index is 8.67. The first kappa shape index (κ1) is 14.7. The van der Waals surface area contributed by atoms with Gasteiger partial charge in [-0.05, 0) is 57.5 Å². The van der Waals surface area contributed by atoms with Crippen molar-refractivity contribution < 1.29 is 5.11 Å². The van der Waals surface area contributed by atoms with E-state index in [1.54, 1.807) is 5.57 Å². The summed E-state index contributed by atoms with van der Waals surface area (Å²) < 4.78 is 0. The lowest BCUT2D eigenvalue weighted by atomic mass is 9.84. The lowest BCUT2D eigenvalue weighted by molar-refractivity contribution is 0.282. The van der Waals surface area contributed by atoms with E-state index in [4.69, 9.17) is 5.11 Å². The van der Waals surface area contributed by atoms with Crippen molar-refractivity contribution in [3.8, 4) is 0 Å². The molecule has 1 rings (SSSR count). The van der Waals surface area contributed by atoms with E-state index < -0.39 is 0 Å². The second-order valence-corrected chi connectivity index (χ2v) is 5.64. The quantitative estimate of drug-likeness (QED) is 0.504. The fourth-order valence-corrected chi connectivity index (χ4v) is 2.86. The molecule has 0 aromatic heterocycles. The number of aliphatic hydroxyl groups excluding tert-OH is 1. The number of nitrogens with one attached hydrogen (secondary N) is 1. The van der Waals surface area contributed by atoms with Crippen LogP contribution in [0.25, 0.3) is 0 Å². The van der Waals surface area contributed by atoms with Crippen molar-refractivity contribution in [1.29, 1.82) is 0 Å². The van der Waals surface area contributed by atoms with E-state index in [-0.39, 0.29) is 0 Å². The van der Waals surface area contributed by atoms with E-state index >= 15 is 0 Å². The van der Waals surface area contributed by atoms with E-state index in [1.165, 1.54) is 38.6 Å². The predicted octanol–water partition coefficient (Wildman–Crippen LogP) is 3.12. The van der Waals surface area contributed by atoms with Gasteiger partial charge in [0.05, 0.1) is 0 Å². The highest BCUT2D eigenvalue weighted by Crippen LogP contribution is 2.27. The SMILES string of the molecule is CC1=CC(C)CC(CNCCCCCCO)C1. The summed E-state index contributed by atoms with van der Waals surface area (Å²) in [6.45, 7) is 7.25. The van der Waals surface area contributed by atoms with Crippen molar-refractivity contribution in [3.05, 3.63) is 11.6 Å². The van der Waals surface area contributed by atoms with E-state index in [1.807, 2.05) is 0 Å². The normalized spacial score (nSPS) is 24.8. The largest absolute Gasteiger partial charge is 0.396 e. The molecule has 0 radical (unpaired) electrons. The summed E-state index contributed by atoms with van der Waals surface area (Å²) in [4.78, 5) is 0. The molecule has 0 amide bonds. The van der Waals surface area contributed by atoms with Crippen LogP contribution in [-0.4, -0.2) is 24.8 Å². The Morgan fingerprint density at radius 3 is 2.76 bits per heavy atom. The van der Waals surface area contributed by atoms with Gasteiger partial charge in [-0.1, -0.05) is 31.4 Å². The number of rotatable bonds is 8. The highest BCUT2D eigenvalue weighted by molar-refractivity contribution is 5.06. The van der Waals surface area contributed by atoms with Gasteiger partial charge in [-0.25, -0.2) is 0 Å². The molecule has 0 aromatic carbocycles. The Hall–Kier alpha value is -0.340. The molecule has 2 unspecified atom stereocenters. The second kappa shape index (κ2) is 8.71. The molecule has 0 saturated heterocycles. The zero-order valence-corrected chi connectivity index (χ0v) is 11.5. The standard InChI is InChI=1S/C15H29NO/c1-13-9-14(2)11-15(10-13)12-16-7-5-3-4-6-8-17/h9,13,15-17H,3-8,10-12H2,1-2H3. The molecular formula is C15H29NO. The minimum absolute atomic E-state index is 0.346. The van der Waals surface area contributed by atoms with Gasteiger partial charge in [0.2, 0.25) is 0 Å². The second-order valence-electron chi connectivity index (χ2n) is 5.64. The molecule has 0 heterocycles. The van der Waals surface area contributed by atoms with Gasteiger partial charge in [0.1, 0.15) is 0 Å². The topological polar surface area (TPSA) is 32.3 Å². The van der Waals surface area contributed by atoms with Crippen LogP contribution in [0.4, 0.5) is 0 Å². The van der Waals surface area contributed by atoms with Crippen molar-refractivity contribution >= 4 is 0 Å². The van der Waals surface area contributed by atoms with Crippen LogP contribution in [-0.2, 0) is 0 Å². The molecule has 17 heavy (non-hydrogen) atoms. The smallest absolute Gasteiger partial charge is 0.0431 e. The third kappa shape index (κ3) is 6.85. The van der Waals surface area contributed by atoms with Crippen LogP contribution in [0.1, 0.15) is 52.4 Å². The average molecular weight is 239 g/mol. The van der Waals surface area contributed by atoms with Gasteiger partial charge in [-0.3, -0.25) is 0 Å². The zero-order chi connectivity index (χ0) is 12.5. The van der Waals surface area contributed by atoms with Crippen LogP contribution in [0, 0.1) is 11.8 Å². The molecule has 0 fully saturated rings.